The van der Waals surface area contributed by atoms with Crippen LogP contribution >= 0.6 is 15.6 Å². The van der Waals surface area contributed by atoms with Crippen LogP contribution in [0, 0.1) is 0 Å². The average Bonchev–Trinajstić information content (AvgIpc) is 0.946. The zero-order valence-electron chi connectivity index (χ0n) is 63.6. The summed E-state index contributed by atoms with van der Waals surface area (Å²) < 4.78 is 68.5. The summed E-state index contributed by atoms with van der Waals surface area (Å²) in [4.78, 5) is 72.9. The van der Waals surface area contributed by atoms with Crippen LogP contribution < -0.4 is 0 Å². The molecular weight excluding hydrogens is 1310 g/mol. The van der Waals surface area contributed by atoms with Crippen LogP contribution in [0.5, 0.6) is 0 Å². The predicted molar refractivity (Wildman–Crippen MR) is 409 cm³/mol. The fourth-order valence-electron chi connectivity index (χ4n) is 11.0. The molecule has 0 spiro atoms. The molecule has 0 aliphatic carbocycles. The standard InChI is InChI=1S/C81H146O17P2/c1-5-9-13-17-21-25-29-33-35-36-37-38-40-43-46-50-54-58-62-66-79(84)92-72-77(98-81(86)68-64-60-56-52-48-44-39-34-30-26-22-18-14-10-6-2)74-96-100(89,90)94-70-75(82)69-93-99(87,88)95-73-76(97-80(85)67-63-59-55-51-47-42-32-28-24-20-16-12-8-4)71-91-78(83)65-61-57-53-49-45-41-31-27-23-19-15-11-7-3/h21,25,33-35,37-39,43,46,54,58,75-77,82H,5-20,22-24,26-32,36,40-42,44-45,47-53,55-57,59-74H2,1-4H3,(H,87,88)(H,89,90)/b25-21-,35-33-,38-37-,39-34-,46-43-,58-54-/t75-,76+,77+/m0/s1. The van der Waals surface area contributed by atoms with Gasteiger partial charge in [0.25, 0.3) is 0 Å². The zero-order chi connectivity index (χ0) is 73.2. The normalized spacial score (nSPS) is 14.3. The third-order valence-electron chi connectivity index (χ3n) is 17.2. The number of hydrogen-bond donors (Lipinski definition) is 3. The van der Waals surface area contributed by atoms with Gasteiger partial charge in [0, 0.05) is 25.7 Å². The van der Waals surface area contributed by atoms with E-state index in [0.717, 1.165) is 109 Å². The number of carbonyl (C=O) groups is 4. The molecule has 0 saturated heterocycles. The third-order valence-corrected chi connectivity index (χ3v) is 19.1. The van der Waals surface area contributed by atoms with Crippen molar-refractivity contribution in [3.05, 3.63) is 72.9 Å². The van der Waals surface area contributed by atoms with E-state index in [2.05, 4.69) is 88.5 Å². The molecule has 17 nitrogen and oxygen atoms in total. The number of aliphatic hydroxyl groups excluding tert-OH is 1. The minimum absolute atomic E-state index is 0.0392. The lowest BCUT2D eigenvalue weighted by molar-refractivity contribution is -0.161. The molecule has 0 bridgehead atoms. The molecule has 0 aromatic heterocycles. The Hall–Kier alpha value is -3.50. The van der Waals surface area contributed by atoms with E-state index in [0.29, 0.717) is 32.1 Å². The van der Waals surface area contributed by atoms with Crippen molar-refractivity contribution < 1.29 is 80.2 Å². The Labute approximate surface area is 609 Å². The monoisotopic (exact) mass is 1450 g/mol. The van der Waals surface area contributed by atoms with Crippen LogP contribution in [0.2, 0.25) is 0 Å². The fourth-order valence-corrected chi connectivity index (χ4v) is 12.6. The molecule has 2 unspecified atom stereocenters. The van der Waals surface area contributed by atoms with E-state index in [1.165, 1.54) is 167 Å². The van der Waals surface area contributed by atoms with E-state index in [1.807, 2.05) is 12.2 Å². The first-order chi connectivity index (χ1) is 48.7. The van der Waals surface area contributed by atoms with Gasteiger partial charge in [-0.05, 0) is 89.9 Å². The van der Waals surface area contributed by atoms with Crippen molar-refractivity contribution in [2.45, 2.75) is 380 Å². The summed E-state index contributed by atoms with van der Waals surface area (Å²) in [6, 6.07) is 0. The second kappa shape index (κ2) is 73.8. The molecular formula is C81H146O17P2. The van der Waals surface area contributed by atoms with Gasteiger partial charge in [-0.15, -0.1) is 0 Å². The molecule has 19 heteroatoms. The number of carbonyl (C=O) groups excluding carboxylic acids is 4. The summed E-state index contributed by atoms with van der Waals surface area (Å²) in [5, 5.41) is 10.6. The largest absolute Gasteiger partial charge is 0.472 e. The second-order valence-electron chi connectivity index (χ2n) is 27.0. The number of aliphatic hydroxyl groups is 1. The number of allylic oxidation sites excluding steroid dienone is 12. The zero-order valence-corrected chi connectivity index (χ0v) is 65.4. The average molecular weight is 1450 g/mol. The number of unbranched alkanes of at least 4 members (excludes halogenated alkanes) is 38. The second-order valence-corrected chi connectivity index (χ2v) is 29.9. The van der Waals surface area contributed by atoms with Gasteiger partial charge >= 0.3 is 39.5 Å². The van der Waals surface area contributed by atoms with Gasteiger partial charge in [0.1, 0.15) is 19.3 Å². The maximum Gasteiger partial charge on any atom is 0.472 e. The van der Waals surface area contributed by atoms with Crippen LogP contribution in [0.15, 0.2) is 72.9 Å². The Balaban J connectivity index is 5.38. The van der Waals surface area contributed by atoms with Crippen LogP contribution in [-0.2, 0) is 65.4 Å². The van der Waals surface area contributed by atoms with Crippen molar-refractivity contribution in [2.24, 2.45) is 0 Å². The molecule has 0 aromatic carbocycles. The quantitative estimate of drug-likeness (QED) is 0.0169. The summed E-state index contributed by atoms with van der Waals surface area (Å²) in [5.74, 6) is -2.25. The van der Waals surface area contributed by atoms with Crippen molar-refractivity contribution in [2.75, 3.05) is 39.6 Å². The van der Waals surface area contributed by atoms with Crippen molar-refractivity contribution in [1.29, 1.82) is 0 Å². The first-order valence-corrected chi connectivity index (χ1v) is 43.2. The molecule has 0 saturated carbocycles. The smallest absolute Gasteiger partial charge is 0.462 e. The lowest BCUT2D eigenvalue weighted by Gasteiger charge is -2.21. The molecule has 5 atom stereocenters. The van der Waals surface area contributed by atoms with Crippen LogP contribution in [-0.4, -0.2) is 96.7 Å². The SMILES string of the molecule is CCCCC/C=C\C/C=C\C/C=C\C/C=C\C/C=C\CCC(=O)OC[C@H](COP(=O)(O)OC[C@@H](O)COP(=O)(O)OC[C@@H](COC(=O)CCCCCCCCCCCCCCC)OC(=O)CCCCCCCCCCCCCCC)OC(=O)CCCCCCC/C=C\CCCCCCCC. The van der Waals surface area contributed by atoms with E-state index in [1.54, 1.807) is 0 Å². The van der Waals surface area contributed by atoms with Gasteiger partial charge in [-0.25, -0.2) is 9.13 Å². The molecule has 0 heterocycles. The summed E-state index contributed by atoms with van der Waals surface area (Å²) in [5.41, 5.74) is 0. The summed E-state index contributed by atoms with van der Waals surface area (Å²) in [7, 11) is -9.96. The van der Waals surface area contributed by atoms with Crippen molar-refractivity contribution >= 4 is 39.5 Å². The van der Waals surface area contributed by atoms with E-state index in [-0.39, 0.29) is 25.7 Å². The first-order valence-electron chi connectivity index (χ1n) is 40.2. The minimum atomic E-state index is -4.99. The van der Waals surface area contributed by atoms with Crippen LogP contribution in [0.3, 0.4) is 0 Å². The molecule has 100 heavy (non-hydrogen) atoms. The Morgan fingerprint density at radius 3 is 0.840 bits per heavy atom. The molecule has 0 rings (SSSR count). The van der Waals surface area contributed by atoms with Crippen LogP contribution in [0.1, 0.15) is 362 Å². The van der Waals surface area contributed by atoms with Crippen molar-refractivity contribution in [3.63, 3.8) is 0 Å². The number of rotatable bonds is 76. The van der Waals surface area contributed by atoms with Gasteiger partial charge in [0.15, 0.2) is 12.2 Å². The Morgan fingerprint density at radius 1 is 0.280 bits per heavy atom. The van der Waals surface area contributed by atoms with E-state index >= 15 is 0 Å². The first kappa shape index (κ1) is 96.5. The summed E-state index contributed by atoms with van der Waals surface area (Å²) in [6.07, 6.45) is 74.6. The summed E-state index contributed by atoms with van der Waals surface area (Å²) in [6.45, 7) is 4.81. The van der Waals surface area contributed by atoms with Gasteiger partial charge in [-0.3, -0.25) is 37.3 Å². The molecule has 0 aliphatic heterocycles. The lowest BCUT2D eigenvalue weighted by Crippen LogP contribution is -2.30. The predicted octanol–water partition coefficient (Wildman–Crippen LogP) is 23.2. The number of hydrogen-bond acceptors (Lipinski definition) is 15. The highest BCUT2D eigenvalue weighted by atomic mass is 31.2. The van der Waals surface area contributed by atoms with Crippen LogP contribution in [0.4, 0.5) is 0 Å². The highest BCUT2D eigenvalue weighted by Gasteiger charge is 2.30. The number of phosphoric acid groups is 2. The van der Waals surface area contributed by atoms with Crippen molar-refractivity contribution in [3.8, 4) is 0 Å². The van der Waals surface area contributed by atoms with Gasteiger partial charge < -0.3 is 33.8 Å². The highest BCUT2D eigenvalue weighted by Crippen LogP contribution is 2.45. The Bertz CT molecular complexity index is 2180. The molecule has 0 amide bonds. The van der Waals surface area contributed by atoms with E-state index < -0.39 is 97.5 Å². The highest BCUT2D eigenvalue weighted by molar-refractivity contribution is 7.47. The Morgan fingerprint density at radius 2 is 0.510 bits per heavy atom. The number of phosphoric ester groups is 2. The topological polar surface area (TPSA) is 237 Å². The van der Waals surface area contributed by atoms with E-state index in [9.17, 15) is 43.2 Å². The summed E-state index contributed by atoms with van der Waals surface area (Å²) >= 11 is 0. The van der Waals surface area contributed by atoms with E-state index in [4.69, 9.17) is 37.0 Å². The van der Waals surface area contributed by atoms with Crippen LogP contribution in [0.25, 0.3) is 0 Å². The maximum atomic E-state index is 13.1. The van der Waals surface area contributed by atoms with Gasteiger partial charge in [-0.2, -0.15) is 0 Å². The molecule has 582 valence electrons. The molecule has 3 N–H and O–H groups in total. The van der Waals surface area contributed by atoms with Gasteiger partial charge in [-0.1, -0.05) is 319 Å². The number of esters is 4. The molecule has 0 aromatic rings. The van der Waals surface area contributed by atoms with Gasteiger partial charge in [0.05, 0.1) is 26.4 Å². The van der Waals surface area contributed by atoms with Gasteiger partial charge in [0.2, 0.25) is 0 Å². The molecule has 0 radical (unpaired) electrons. The lowest BCUT2D eigenvalue weighted by atomic mass is 10.0. The van der Waals surface area contributed by atoms with Crippen molar-refractivity contribution in [1.82, 2.24) is 0 Å². The molecule has 0 aliphatic rings. The maximum absolute atomic E-state index is 13.1. The molecule has 0 fully saturated rings. The fraction of sp³-hybridized carbons (Fsp3) is 0.802. The minimum Gasteiger partial charge on any atom is -0.462 e. The number of ether oxygens (including phenoxy) is 4. The Kier molecular flexibility index (Phi) is 71.2. The third kappa shape index (κ3) is 72.8.